The quantitative estimate of drug-likeness (QED) is 0.794. The van der Waals surface area contributed by atoms with Crippen molar-refractivity contribution in [3.8, 4) is 0 Å². The van der Waals surface area contributed by atoms with Crippen molar-refractivity contribution in [2.45, 2.75) is 26.0 Å². The standard InChI is InChI=1S/C11H16BrNO/c1-9(14)6-7-13-8-10-4-2-3-5-11(10)12/h2-5,9,13-14H,6-8H2,1H3/t9-/m1/s1. The van der Waals surface area contributed by atoms with Gasteiger partial charge in [-0.3, -0.25) is 0 Å². The Bertz CT molecular complexity index is 276. The van der Waals surface area contributed by atoms with Crippen molar-refractivity contribution < 1.29 is 5.11 Å². The molecule has 1 rings (SSSR count). The highest BCUT2D eigenvalue weighted by Crippen LogP contribution is 2.15. The van der Waals surface area contributed by atoms with E-state index in [1.807, 2.05) is 18.2 Å². The zero-order valence-electron chi connectivity index (χ0n) is 8.33. The smallest absolute Gasteiger partial charge is 0.0524 e. The SMILES string of the molecule is C[C@@H](O)CCNCc1ccccc1Br. The molecule has 0 fully saturated rings. The number of hydrogen-bond donors (Lipinski definition) is 2. The van der Waals surface area contributed by atoms with Crippen molar-refractivity contribution in [2.75, 3.05) is 6.54 Å². The molecule has 0 aliphatic heterocycles. The van der Waals surface area contributed by atoms with Crippen LogP contribution in [0.2, 0.25) is 0 Å². The lowest BCUT2D eigenvalue weighted by molar-refractivity contribution is 0.183. The summed E-state index contributed by atoms with van der Waals surface area (Å²) in [6.45, 7) is 3.49. The summed E-state index contributed by atoms with van der Waals surface area (Å²) in [5.74, 6) is 0. The molecule has 0 amide bonds. The lowest BCUT2D eigenvalue weighted by Crippen LogP contribution is -2.18. The van der Waals surface area contributed by atoms with Crippen molar-refractivity contribution >= 4 is 15.9 Å². The van der Waals surface area contributed by atoms with E-state index >= 15 is 0 Å². The summed E-state index contributed by atoms with van der Waals surface area (Å²) in [5.41, 5.74) is 1.25. The predicted molar refractivity (Wildman–Crippen MR) is 62.1 cm³/mol. The van der Waals surface area contributed by atoms with Gasteiger partial charge in [0.2, 0.25) is 0 Å². The summed E-state index contributed by atoms with van der Waals surface area (Å²) in [5, 5.41) is 12.3. The van der Waals surface area contributed by atoms with Gasteiger partial charge in [0, 0.05) is 11.0 Å². The van der Waals surface area contributed by atoms with Crippen molar-refractivity contribution in [3.63, 3.8) is 0 Å². The molecule has 0 saturated carbocycles. The molecule has 0 aliphatic rings. The first-order valence-corrected chi connectivity index (χ1v) is 5.61. The number of halogens is 1. The molecule has 1 aromatic carbocycles. The molecular weight excluding hydrogens is 242 g/mol. The minimum atomic E-state index is -0.221. The van der Waals surface area contributed by atoms with Gasteiger partial charge >= 0.3 is 0 Å². The van der Waals surface area contributed by atoms with Gasteiger partial charge in [0.05, 0.1) is 6.10 Å². The van der Waals surface area contributed by atoms with Crippen molar-refractivity contribution in [1.29, 1.82) is 0 Å². The predicted octanol–water partition coefficient (Wildman–Crippen LogP) is 2.31. The van der Waals surface area contributed by atoms with Gasteiger partial charge in [-0.25, -0.2) is 0 Å². The van der Waals surface area contributed by atoms with Gasteiger partial charge in [-0.05, 0) is 31.5 Å². The molecule has 78 valence electrons. The maximum atomic E-state index is 9.05. The lowest BCUT2D eigenvalue weighted by atomic mass is 10.2. The second kappa shape index (κ2) is 6.17. The van der Waals surface area contributed by atoms with E-state index in [1.54, 1.807) is 6.92 Å². The Hall–Kier alpha value is -0.380. The zero-order chi connectivity index (χ0) is 10.4. The second-order valence-electron chi connectivity index (χ2n) is 3.41. The Labute approximate surface area is 93.5 Å². The topological polar surface area (TPSA) is 32.3 Å². The third-order valence-electron chi connectivity index (χ3n) is 2.01. The van der Waals surface area contributed by atoms with Crippen molar-refractivity contribution in [3.05, 3.63) is 34.3 Å². The summed E-state index contributed by atoms with van der Waals surface area (Å²) in [6.07, 6.45) is 0.575. The van der Waals surface area contributed by atoms with E-state index in [4.69, 9.17) is 5.11 Å². The molecule has 0 radical (unpaired) electrons. The number of hydrogen-bond acceptors (Lipinski definition) is 2. The first kappa shape index (κ1) is 11.7. The molecule has 0 heterocycles. The van der Waals surface area contributed by atoms with E-state index in [0.29, 0.717) is 0 Å². The van der Waals surface area contributed by atoms with Crippen molar-refractivity contribution in [2.24, 2.45) is 0 Å². The van der Waals surface area contributed by atoms with Crippen LogP contribution in [0.1, 0.15) is 18.9 Å². The largest absolute Gasteiger partial charge is 0.393 e. The molecule has 0 saturated heterocycles. The Morgan fingerprint density at radius 1 is 1.43 bits per heavy atom. The lowest BCUT2D eigenvalue weighted by Gasteiger charge is -2.07. The Morgan fingerprint density at radius 2 is 2.14 bits per heavy atom. The molecule has 14 heavy (non-hydrogen) atoms. The third kappa shape index (κ3) is 4.22. The molecule has 1 aromatic rings. The number of rotatable bonds is 5. The Balaban J connectivity index is 2.28. The van der Waals surface area contributed by atoms with Crippen LogP contribution in [0.5, 0.6) is 0 Å². The summed E-state index contributed by atoms with van der Waals surface area (Å²) in [6, 6.07) is 8.14. The maximum Gasteiger partial charge on any atom is 0.0524 e. The molecule has 2 N–H and O–H groups in total. The molecule has 2 nitrogen and oxygen atoms in total. The Morgan fingerprint density at radius 3 is 2.79 bits per heavy atom. The van der Waals surface area contributed by atoms with Crippen LogP contribution >= 0.6 is 15.9 Å². The van der Waals surface area contributed by atoms with Crippen LogP contribution < -0.4 is 5.32 Å². The fourth-order valence-electron chi connectivity index (χ4n) is 1.18. The van der Waals surface area contributed by atoms with Crippen LogP contribution in [0.25, 0.3) is 0 Å². The van der Waals surface area contributed by atoms with Crippen LogP contribution in [-0.2, 0) is 6.54 Å². The minimum Gasteiger partial charge on any atom is -0.393 e. The average Bonchev–Trinajstić information content (AvgIpc) is 2.15. The van der Waals surface area contributed by atoms with E-state index in [0.717, 1.165) is 24.0 Å². The van der Waals surface area contributed by atoms with Gasteiger partial charge in [0.1, 0.15) is 0 Å². The van der Waals surface area contributed by atoms with Crippen LogP contribution in [0.3, 0.4) is 0 Å². The highest BCUT2D eigenvalue weighted by molar-refractivity contribution is 9.10. The first-order valence-electron chi connectivity index (χ1n) is 4.82. The molecule has 0 bridgehead atoms. The van der Waals surface area contributed by atoms with Crippen LogP contribution in [0.15, 0.2) is 28.7 Å². The van der Waals surface area contributed by atoms with Crippen LogP contribution in [-0.4, -0.2) is 17.8 Å². The van der Waals surface area contributed by atoms with Gasteiger partial charge in [0.15, 0.2) is 0 Å². The normalized spacial score (nSPS) is 12.8. The van der Waals surface area contributed by atoms with E-state index in [-0.39, 0.29) is 6.10 Å². The average molecular weight is 258 g/mol. The number of nitrogens with one attached hydrogen (secondary N) is 1. The van der Waals surface area contributed by atoms with Gasteiger partial charge in [-0.2, -0.15) is 0 Å². The fraction of sp³-hybridized carbons (Fsp3) is 0.455. The summed E-state index contributed by atoms with van der Waals surface area (Å²) >= 11 is 3.49. The third-order valence-corrected chi connectivity index (χ3v) is 2.79. The zero-order valence-corrected chi connectivity index (χ0v) is 9.92. The van der Waals surface area contributed by atoms with Gasteiger partial charge in [-0.15, -0.1) is 0 Å². The molecule has 0 spiro atoms. The summed E-state index contributed by atoms with van der Waals surface area (Å²) < 4.78 is 1.13. The Kier molecular flexibility index (Phi) is 5.15. The van der Waals surface area contributed by atoms with E-state index in [1.165, 1.54) is 5.56 Å². The van der Waals surface area contributed by atoms with E-state index < -0.39 is 0 Å². The summed E-state index contributed by atoms with van der Waals surface area (Å²) in [4.78, 5) is 0. The van der Waals surface area contributed by atoms with Gasteiger partial charge < -0.3 is 10.4 Å². The molecule has 1 atom stereocenters. The molecule has 0 aliphatic carbocycles. The van der Waals surface area contributed by atoms with Crippen molar-refractivity contribution in [1.82, 2.24) is 5.32 Å². The number of aliphatic hydroxyl groups excluding tert-OH is 1. The first-order chi connectivity index (χ1) is 6.70. The fourth-order valence-corrected chi connectivity index (χ4v) is 1.60. The molecule has 0 unspecified atom stereocenters. The molecular formula is C11H16BrNO. The molecule has 0 aromatic heterocycles. The van der Waals surface area contributed by atoms with Crippen LogP contribution in [0.4, 0.5) is 0 Å². The highest BCUT2D eigenvalue weighted by Gasteiger charge is 1.98. The monoisotopic (exact) mass is 257 g/mol. The van der Waals surface area contributed by atoms with Gasteiger partial charge in [-0.1, -0.05) is 34.1 Å². The minimum absolute atomic E-state index is 0.221. The number of aliphatic hydroxyl groups is 1. The second-order valence-corrected chi connectivity index (χ2v) is 4.26. The van der Waals surface area contributed by atoms with E-state index in [9.17, 15) is 0 Å². The van der Waals surface area contributed by atoms with Crippen LogP contribution in [0, 0.1) is 0 Å². The summed E-state index contributed by atoms with van der Waals surface area (Å²) in [7, 11) is 0. The molecule has 3 heteroatoms. The van der Waals surface area contributed by atoms with E-state index in [2.05, 4.69) is 27.3 Å². The van der Waals surface area contributed by atoms with Gasteiger partial charge in [0.25, 0.3) is 0 Å². The highest BCUT2D eigenvalue weighted by atomic mass is 79.9. The maximum absolute atomic E-state index is 9.05. The number of benzene rings is 1.